The van der Waals surface area contributed by atoms with Crippen LogP contribution in [0.4, 0.5) is 5.95 Å². The van der Waals surface area contributed by atoms with Crippen molar-refractivity contribution in [1.29, 1.82) is 0 Å². The van der Waals surface area contributed by atoms with Gasteiger partial charge in [0.2, 0.25) is 11.8 Å². The minimum Gasteiger partial charge on any atom is -0.484 e. The summed E-state index contributed by atoms with van der Waals surface area (Å²) in [5, 5.41) is 0. The summed E-state index contributed by atoms with van der Waals surface area (Å²) < 4.78 is 42.1. The number of nitrogens with one attached hydrogen (secondary N) is 1. The topological polar surface area (TPSA) is 136 Å². The molecule has 1 saturated carbocycles. The predicted molar refractivity (Wildman–Crippen MR) is 178 cm³/mol. The van der Waals surface area contributed by atoms with Crippen molar-refractivity contribution >= 4 is 21.9 Å². The molecule has 0 spiro atoms. The standard InChI is InChI=1S/C35H40N6O5S/c1-22-9-7-10-23(2)31(22)28-16-30-39-33(38-28)40-47(43,44)27-12-8-11-24(15-27)32(42)41(25(21-45-30)17-34(3,4)5)20-29-36-18-26(19-37-29)46-35(6)13-14-35/h7-12,15-16,18-19,25H,13-14,17,20-21H2,1-6H3,(H,38,39,40)/t25-/m1/s1. The molecular formula is C35H40N6O5S. The first-order chi connectivity index (χ1) is 22.2. The molecule has 1 fully saturated rings. The average molecular weight is 657 g/mol. The van der Waals surface area contributed by atoms with Crippen LogP contribution in [0.1, 0.15) is 74.3 Å². The van der Waals surface area contributed by atoms with Crippen molar-refractivity contribution in [2.45, 2.75) is 83.9 Å². The van der Waals surface area contributed by atoms with Gasteiger partial charge in [-0.2, -0.15) is 4.98 Å². The van der Waals surface area contributed by atoms with Gasteiger partial charge in [0.05, 0.1) is 35.6 Å². The van der Waals surface area contributed by atoms with Crippen LogP contribution in [0.25, 0.3) is 11.3 Å². The summed E-state index contributed by atoms with van der Waals surface area (Å²) >= 11 is 0. The highest BCUT2D eigenvalue weighted by atomic mass is 32.2. The Balaban J connectivity index is 1.44. The number of ether oxygens (including phenoxy) is 2. The number of rotatable bonds is 6. The molecule has 1 atom stereocenters. The van der Waals surface area contributed by atoms with Crippen molar-refractivity contribution in [1.82, 2.24) is 24.8 Å². The summed E-state index contributed by atoms with van der Waals surface area (Å²) in [6.07, 6.45) is 5.78. The van der Waals surface area contributed by atoms with E-state index >= 15 is 0 Å². The molecule has 11 nitrogen and oxygen atoms in total. The van der Waals surface area contributed by atoms with Crippen LogP contribution in [0.2, 0.25) is 0 Å². The number of nitrogens with zero attached hydrogens (tertiary/aromatic N) is 5. The molecule has 4 aromatic rings. The smallest absolute Gasteiger partial charge is 0.264 e. The predicted octanol–water partition coefficient (Wildman–Crippen LogP) is 6.12. The van der Waals surface area contributed by atoms with Crippen molar-refractivity contribution in [2.75, 3.05) is 11.3 Å². The molecule has 4 bridgehead atoms. The maximum absolute atomic E-state index is 14.3. The second-order valence-corrected chi connectivity index (χ2v) is 15.5. The molecule has 0 radical (unpaired) electrons. The Labute approximate surface area is 275 Å². The normalized spacial score (nSPS) is 18.6. The summed E-state index contributed by atoms with van der Waals surface area (Å²) in [6.45, 7) is 12.4. The van der Waals surface area contributed by atoms with E-state index in [1.165, 1.54) is 12.1 Å². The number of hydrogen-bond acceptors (Lipinski definition) is 9. The van der Waals surface area contributed by atoms with Gasteiger partial charge in [-0.3, -0.25) is 4.79 Å². The number of amides is 1. The van der Waals surface area contributed by atoms with Gasteiger partial charge in [0.15, 0.2) is 5.75 Å². The molecule has 2 aliphatic rings. The third-order valence-corrected chi connectivity index (χ3v) is 9.67. The first-order valence-electron chi connectivity index (χ1n) is 15.7. The van der Waals surface area contributed by atoms with Crippen molar-refractivity contribution in [3.63, 3.8) is 0 Å². The van der Waals surface area contributed by atoms with Gasteiger partial charge in [-0.25, -0.2) is 28.1 Å². The Morgan fingerprint density at radius 3 is 2.36 bits per heavy atom. The average Bonchev–Trinajstić information content (AvgIpc) is 3.73. The first kappa shape index (κ1) is 32.4. The molecule has 47 heavy (non-hydrogen) atoms. The number of anilines is 1. The van der Waals surface area contributed by atoms with Crippen molar-refractivity contribution in [2.24, 2.45) is 5.41 Å². The Kier molecular flexibility index (Phi) is 8.41. The summed E-state index contributed by atoms with van der Waals surface area (Å²) in [6, 6.07) is 13.1. The number of benzene rings is 2. The van der Waals surface area contributed by atoms with Gasteiger partial charge < -0.3 is 14.4 Å². The van der Waals surface area contributed by atoms with Crippen LogP contribution in [-0.4, -0.2) is 57.4 Å². The van der Waals surface area contributed by atoms with E-state index in [9.17, 15) is 13.2 Å². The Morgan fingerprint density at radius 2 is 1.70 bits per heavy atom. The van der Waals surface area contributed by atoms with Crippen LogP contribution in [0.15, 0.2) is 65.8 Å². The van der Waals surface area contributed by atoms with E-state index < -0.39 is 16.1 Å². The van der Waals surface area contributed by atoms with E-state index in [2.05, 4.69) is 45.4 Å². The zero-order valence-electron chi connectivity index (χ0n) is 27.6. The largest absolute Gasteiger partial charge is 0.484 e. The van der Waals surface area contributed by atoms with E-state index in [0.717, 1.165) is 29.5 Å². The monoisotopic (exact) mass is 656 g/mol. The highest BCUT2D eigenvalue weighted by molar-refractivity contribution is 7.92. The number of hydrogen-bond donors (Lipinski definition) is 1. The van der Waals surface area contributed by atoms with Gasteiger partial charge in [0.25, 0.3) is 15.9 Å². The molecule has 2 aromatic carbocycles. The fourth-order valence-electron chi connectivity index (χ4n) is 5.74. The second-order valence-electron chi connectivity index (χ2n) is 13.9. The van der Waals surface area contributed by atoms with Crippen LogP contribution < -0.4 is 14.2 Å². The van der Waals surface area contributed by atoms with Crippen LogP contribution in [0.5, 0.6) is 11.6 Å². The lowest BCUT2D eigenvalue weighted by Gasteiger charge is -2.35. The van der Waals surface area contributed by atoms with E-state index in [1.807, 2.05) is 39.0 Å². The number of carbonyl (C=O) groups is 1. The minimum atomic E-state index is -4.17. The minimum absolute atomic E-state index is 0.0679. The van der Waals surface area contributed by atoms with E-state index in [-0.39, 0.29) is 52.4 Å². The maximum atomic E-state index is 14.3. The Hall–Kier alpha value is -4.58. The Morgan fingerprint density at radius 1 is 1.02 bits per heavy atom. The van der Waals surface area contributed by atoms with E-state index in [0.29, 0.717) is 23.7 Å². The van der Waals surface area contributed by atoms with Gasteiger partial charge in [0.1, 0.15) is 18.0 Å². The molecule has 6 rings (SSSR count). The van der Waals surface area contributed by atoms with Gasteiger partial charge in [-0.1, -0.05) is 45.0 Å². The van der Waals surface area contributed by atoms with Crippen molar-refractivity contribution < 1.29 is 22.7 Å². The summed E-state index contributed by atoms with van der Waals surface area (Å²) in [5.74, 6) is 0.670. The number of carbonyl (C=O) groups excluding carboxylic acids is 1. The Bertz CT molecular complexity index is 1900. The molecular weight excluding hydrogens is 616 g/mol. The molecule has 0 unspecified atom stereocenters. The number of aromatic nitrogens is 4. The number of aryl methyl sites for hydroxylation is 2. The fourth-order valence-corrected chi connectivity index (χ4v) is 6.73. The SMILES string of the molecule is Cc1cccc(C)c1-c1cc2nc(n1)NS(=O)(=O)c1cccc(c1)C(=O)N(Cc1ncc(OC3(C)CC3)cn1)[C@H](CC(C)(C)C)CO2. The molecule has 3 heterocycles. The molecule has 1 N–H and O–H groups in total. The highest BCUT2D eigenvalue weighted by Crippen LogP contribution is 2.39. The second kappa shape index (κ2) is 12.2. The van der Waals surface area contributed by atoms with Crippen LogP contribution in [0.3, 0.4) is 0 Å². The lowest BCUT2D eigenvalue weighted by Crippen LogP contribution is -2.45. The highest BCUT2D eigenvalue weighted by Gasteiger charge is 2.40. The van der Waals surface area contributed by atoms with E-state index in [4.69, 9.17) is 9.47 Å². The van der Waals surface area contributed by atoms with Gasteiger partial charge in [-0.05, 0) is 74.8 Å². The maximum Gasteiger partial charge on any atom is 0.264 e. The molecule has 12 heteroatoms. The fraction of sp³-hybridized carbons (Fsp3) is 0.400. The summed E-state index contributed by atoms with van der Waals surface area (Å²) in [7, 11) is -4.17. The third-order valence-electron chi connectivity index (χ3n) is 8.34. The molecule has 1 amide bonds. The molecule has 246 valence electrons. The van der Waals surface area contributed by atoms with Crippen LogP contribution >= 0.6 is 0 Å². The van der Waals surface area contributed by atoms with Gasteiger partial charge >= 0.3 is 0 Å². The van der Waals surface area contributed by atoms with Crippen LogP contribution in [-0.2, 0) is 16.6 Å². The zero-order chi connectivity index (χ0) is 33.6. The summed E-state index contributed by atoms with van der Waals surface area (Å²) in [5.41, 5.74) is 3.14. The molecule has 1 aliphatic carbocycles. The summed E-state index contributed by atoms with van der Waals surface area (Å²) in [4.78, 5) is 34.0. The third kappa shape index (κ3) is 7.54. The van der Waals surface area contributed by atoms with Crippen molar-refractivity contribution in [3.05, 3.63) is 83.4 Å². The van der Waals surface area contributed by atoms with Gasteiger partial charge in [-0.15, -0.1) is 0 Å². The van der Waals surface area contributed by atoms with Gasteiger partial charge in [0, 0.05) is 17.2 Å². The molecule has 0 saturated heterocycles. The number of fused-ring (bicyclic) bond motifs is 4. The lowest BCUT2D eigenvalue weighted by molar-refractivity contribution is 0.0505. The van der Waals surface area contributed by atoms with Crippen LogP contribution in [0, 0.1) is 19.3 Å². The molecule has 1 aliphatic heterocycles. The molecule has 2 aromatic heterocycles. The lowest BCUT2D eigenvalue weighted by atomic mass is 9.87. The van der Waals surface area contributed by atoms with Crippen molar-refractivity contribution in [3.8, 4) is 22.9 Å². The first-order valence-corrected chi connectivity index (χ1v) is 17.2. The zero-order valence-corrected chi connectivity index (χ0v) is 28.4. The quantitative estimate of drug-likeness (QED) is 0.260. The number of sulfonamides is 1. The van der Waals surface area contributed by atoms with E-state index in [1.54, 1.807) is 35.5 Å².